The number of amides is 1. The second-order valence-electron chi connectivity index (χ2n) is 5.18. The summed E-state index contributed by atoms with van der Waals surface area (Å²) in [7, 11) is 5.30. The molecule has 5 nitrogen and oxygen atoms in total. The minimum absolute atomic E-state index is 0.0712. The molecule has 1 heterocycles. The molecular formula is C16H18Cl2N2O3. The summed E-state index contributed by atoms with van der Waals surface area (Å²) < 4.78 is 10.5. The Morgan fingerprint density at radius 1 is 1.35 bits per heavy atom. The van der Waals surface area contributed by atoms with Crippen LogP contribution in [0.15, 0.2) is 34.9 Å². The van der Waals surface area contributed by atoms with Crippen molar-refractivity contribution in [2.45, 2.75) is 6.04 Å². The zero-order valence-electron chi connectivity index (χ0n) is 13.1. The van der Waals surface area contributed by atoms with E-state index in [0.29, 0.717) is 27.9 Å². The normalized spacial score (nSPS) is 12.3. The monoisotopic (exact) mass is 356 g/mol. The standard InChI is InChI=1S/C16H18Cl2N2O3/c1-20(2)13(14-5-4-6-23-14)9-19-16(21)10-7-11(17)15(22-3)12(18)8-10/h4-8,13H,9H2,1-3H3,(H,19,21). The highest BCUT2D eigenvalue weighted by Crippen LogP contribution is 2.33. The van der Waals surface area contributed by atoms with Crippen LogP contribution in [0.2, 0.25) is 10.0 Å². The van der Waals surface area contributed by atoms with Gasteiger partial charge in [-0.15, -0.1) is 0 Å². The third-order valence-corrected chi connectivity index (χ3v) is 3.98. The van der Waals surface area contributed by atoms with Crippen LogP contribution < -0.4 is 10.1 Å². The number of carbonyl (C=O) groups is 1. The lowest BCUT2D eigenvalue weighted by Crippen LogP contribution is -2.34. The predicted molar refractivity (Wildman–Crippen MR) is 90.5 cm³/mol. The number of likely N-dealkylation sites (N-methyl/N-ethyl adjacent to an activating group) is 1. The lowest BCUT2D eigenvalue weighted by molar-refractivity contribution is 0.0939. The zero-order valence-corrected chi connectivity index (χ0v) is 14.6. The van der Waals surface area contributed by atoms with E-state index in [2.05, 4.69) is 5.32 Å². The molecule has 1 aromatic carbocycles. The molecule has 0 saturated heterocycles. The number of nitrogens with zero attached hydrogens (tertiary/aromatic N) is 1. The molecule has 1 unspecified atom stereocenters. The first-order valence-electron chi connectivity index (χ1n) is 6.95. The average molecular weight is 357 g/mol. The molecule has 0 bridgehead atoms. The average Bonchev–Trinajstić information content (AvgIpc) is 3.00. The van der Waals surface area contributed by atoms with Gasteiger partial charge < -0.3 is 14.5 Å². The summed E-state index contributed by atoms with van der Waals surface area (Å²) in [6, 6.07) is 6.67. The van der Waals surface area contributed by atoms with Gasteiger partial charge in [0.05, 0.1) is 29.5 Å². The summed E-state index contributed by atoms with van der Waals surface area (Å²) in [6.45, 7) is 0.389. The summed E-state index contributed by atoms with van der Waals surface area (Å²) >= 11 is 12.1. The van der Waals surface area contributed by atoms with E-state index >= 15 is 0 Å². The molecule has 1 amide bonds. The van der Waals surface area contributed by atoms with Crippen molar-refractivity contribution in [3.05, 3.63) is 51.9 Å². The molecule has 124 valence electrons. The molecular weight excluding hydrogens is 339 g/mol. The van der Waals surface area contributed by atoms with E-state index < -0.39 is 0 Å². The summed E-state index contributed by atoms with van der Waals surface area (Å²) in [6.07, 6.45) is 1.61. The van der Waals surface area contributed by atoms with E-state index in [1.165, 1.54) is 19.2 Å². The summed E-state index contributed by atoms with van der Waals surface area (Å²) in [5.41, 5.74) is 0.373. The highest BCUT2D eigenvalue weighted by atomic mass is 35.5. The topological polar surface area (TPSA) is 54.7 Å². The van der Waals surface area contributed by atoms with Gasteiger partial charge >= 0.3 is 0 Å². The number of nitrogens with one attached hydrogen (secondary N) is 1. The molecule has 7 heteroatoms. The quantitative estimate of drug-likeness (QED) is 0.858. The van der Waals surface area contributed by atoms with Crippen LogP contribution >= 0.6 is 23.2 Å². The fraction of sp³-hybridized carbons (Fsp3) is 0.312. The van der Waals surface area contributed by atoms with Crippen molar-refractivity contribution in [1.82, 2.24) is 10.2 Å². The van der Waals surface area contributed by atoms with Crippen LogP contribution in [0.1, 0.15) is 22.2 Å². The molecule has 0 fully saturated rings. The highest BCUT2D eigenvalue weighted by Gasteiger charge is 2.19. The summed E-state index contributed by atoms with van der Waals surface area (Å²) in [5, 5.41) is 3.45. The second-order valence-corrected chi connectivity index (χ2v) is 5.99. The van der Waals surface area contributed by atoms with Gasteiger partial charge in [0.1, 0.15) is 5.76 Å². The van der Waals surface area contributed by atoms with E-state index in [1.807, 2.05) is 31.1 Å². The SMILES string of the molecule is COc1c(Cl)cc(C(=O)NCC(c2ccco2)N(C)C)cc1Cl. The van der Waals surface area contributed by atoms with Gasteiger partial charge in [-0.1, -0.05) is 23.2 Å². The maximum atomic E-state index is 12.3. The fourth-order valence-electron chi connectivity index (χ4n) is 2.20. The Morgan fingerprint density at radius 2 is 2.00 bits per heavy atom. The molecule has 0 aliphatic rings. The molecule has 1 atom stereocenters. The molecule has 1 aromatic heterocycles. The summed E-state index contributed by atoms with van der Waals surface area (Å²) in [5.74, 6) is 0.864. The molecule has 2 rings (SSSR count). The number of benzene rings is 1. The molecule has 0 radical (unpaired) electrons. The van der Waals surface area contributed by atoms with Gasteiger partial charge in [-0.25, -0.2) is 0 Å². The largest absolute Gasteiger partial charge is 0.494 e. The van der Waals surface area contributed by atoms with Crippen LogP contribution in [-0.4, -0.2) is 38.6 Å². The molecule has 0 aliphatic heterocycles. The van der Waals surface area contributed by atoms with Crippen LogP contribution in [0, 0.1) is 0 Å². The Kier molecular flexibility index (Phi) is 5.93. The molecule has 23 heavy (non-hydrogen) atoms. The van der Waals surface area contributed by atoms with Crippen LogP contribution in [0.3, 0.4) is 0 Å². The number of carbonyl (C=O) groups excluding carboxylic acids is 1. The zero-order chi connectivity index (χ0) is 17.0. The Bertz CT molecular complexity index is 649. The number of methoxy groups -OCH3 is 1. The van der Waals surface area contributed by atoms with Crippen molar-refractivity contribution in [2.75, 3.05) is 27.7 Å². The Labute approximate surface area is 145 Å². The minimum atomic E-state index is -0.269. The van der Waals surface area contributed by atoms with E-state index in [0.717, 1.165) is 5.76 Å². The maximum Gasteiger partial charge on any atom is 0.251 e. The number of hydrogen-bond acceptors (Lipinski definition) is 4. The number of furan rings is 1. The second kappa shape index (κ2) is 7.73. The van der Waals surface area contributed by atoms with Crippen LogP contribution in [0.5, 0.6) is 5.75 Å². The fourth-order valence-corrected chi connectivity index (χ4v) is 2.84. The Hall–Kier alpha value is -1.69. The van der Waals surface area contributed by atoms with Gasteiger partial charge in [0.25, 0.3) is 5.91 Å². The van der Waals surface area contributed by atoms with Crippen molar-refractivity contribution >= 4 is 29.1 Å². The van der Waals surface area contributed by atoms with Crippen LogP contribution in [-0.2, 0) is 0 Å². The van der Waals surface area contributed by atoms with Crippen molar-refractivity contribution in [1.29, 1.82) is 0 Å². The number of rotatable bonds is 6. The highest BCUT2D eigenvalue weighted by molar-refractivity contribution is 6.37. The van der Waals surface area contributed by atoms with Crippen molar-refractivity contribution in [2.24, 2.45) is 0 Å². The van der Waals surface area contributed by atoms with Crippen molar-refractivity contribution < 1.29 is 13.9 Å². The van der Waals surface area contributed by atoms with Gasteiger partial charge in [0.2, 0.25) is 0 Å². The number of hydrogen-bond donors (Lipinski definition) is 1. The van der Waals surface area contributed by atoms with Gasteiger partial charge in [-0.3, -0.25) is 9.69 Å². The first-order chi connectivity index (χ1) is 10.9. The van der Waals surface area contributed by atoms with Gasteiger partial charge in [0.15, 0.2) is 5.75 Å². The molecule has 0 saturated carbocycles. The third-order valence-electron chi connectivity index (χ3n) is 3.42. The van der Waals surface area contributed by atoms with E-state index in [4.69, 9.17) is 32.4 Å². The van der Waals surface area contributed by atoms with E-state index in [-0.39, 0.29) is 11.9 Å². The Morgan fingerprint density at radius 3 is 2.48 bits per heavy atom. The first kappa shape index (κ1) is 17.7. The van der Waals surface area contributed by atoms with Gasteiger partial charge in [-0.05, 0) is 38.4 Å². The predicted octanol–water partition coefficient (Wildman–Crippen LogP) is 3.63. The first-order valence-corrected chi connectivity index (χ1v) is 7.70. The molecule has 2 aromatic rings. The third kappa shape index (κ3) is 4.19. The Balaban J connectivity index is 2.10. The lowest BCUT2D eigenvalue weighted by Gasteiger charge is -2.22. The van der Waals surface area contributed by atoms with Gasteiger partial charge in [-0.2, -0.15) is 0 Å². The van der Waals surface area contributed by atoms with Crippen LogP contribution in [0.4, 0.5) is 0 Å². The molecule has 1 N–H and O–H groups in total. The minimum Gasteiger partial charge on any atom is -0.494 e. The van der Waals surface area contributed by atoms with Crippen molar-refractivity contribution in [3.8, 4) is 5.75 Å². The van der Waals surface area contributed by atoms with Crippen molar-refractivity contribution in [3.63, 3.8) is 0 Å². The van der Waals surface area contributed by atoms with Gasteiger partial charge in [0, 0.05) is 12.1 Å². The van der Waals surface area contributed by atoms with E-state index in [1.54, 1.807) is 6.26 Å². The molecule has 0 aliphatic carbocycles. The molecule has 0 spiro atoms. The summed E-state index contributed by atoms with van der Waals surface area (Å²) in [4.78, 5) is 14.3. The number of halogens is 2. The number of ether oxygens (including phenoxy) is 1. The lowest BCUT2D eigenvalue weighted by atomic mass is 10.1. The smallest absolute Gasteiger partial charge is 0.251 e. The maximum absolute atomic E-state index is 12.3. The van der Waals surface area contributed by atoms with E-state index in [9.17, 15) is 4.79 Å². The van der Waals surface area contributed by atoms with Crippen LogP contribution in [0.25, 0.3) is 0 Å².